The highest BCUT2D eigenvalue weighted by Crippen LogP contribution is 2.36. The maximum atomic E-state index is 13.0. The maximum absolute atomic E-state index is 13.0. The third kappa shape index (κ3) is 3.29. The van der Waals surface area contributed by atoms with Gasteiger partial charge < -0.3 is 5.11 Å². The van der Waals surface area contributed by atoms with Crippen molar-refractivity contribution in [3.8, 4) is 0 Å². The van der Waals surface area contributed by atoms with Gasteiger partial charge in [-0.25, -0.2) is 4.39 Å². The Morgan fingerprint density at radius 3 is 2.45 bits per heavy atom. The molecule has 0 spiro atoms. The zero-order chi connectivity index (χ0) is 14.7. The lowest BCUT2D eigenvalue weighted by atomic mass is 9.89. The molecule has 0 saturated carbocycles. The van der Waals surface area contributed by atoms with Crippen LogP contribution in [0.15, 0.2) is 59.6 Å². The minimum absolute atomic E-state index is 0.313. The van der Waals surface area contributed by atoms with E-state index in [2.05, 4.69) is 22.5 Å². The van der Waals surface area contributed by atoms with E-state index in [4.69, 9.17) is 11.6 Å². The highest BCUT2D eigenvalue weighted by Gasteiger charge is 2.22. The molecule has 0 bridgehead atoms. The summed E-state index contributed by atoms with van der Waals surface area (Å²) in [6.45, 7) is 3.75. The summed E-state index contributed by atoms with van der Waals surface area (Å²) < 4.78 is 13.8. The van der Waals surface area contributed by atoms with Gasteiger partial charge in [0.15, 0.2) is 0 Å². The molecule has 0 heterocycles. The van der Waals surface area contributed by atoms with Crippen LogP contribution in [0.2, 0.25) is 5.02 Å². The SMILES string of the molecule is C=CC(c1ccc(F)cc1)C(O)c1cc(Br)ccc1Cl. The number of hydrogen-bond acceptors (Lipinski definition) is 1. The van der Waals surface area contributed by atoms with Crippen LogP contribution in [0.5, 0.6) is 0 Å². The van der Waals surface area contributed by atoms with Crippen LogP contribution in [0.1, 0.15) is 23.1 Å². The summed E-state index contributed by atoms with van der Waals surface area (Å²) in [6, 6.07) is 11.3. The standard InChI is InChI=1S/C16H13BrClFO/c1-2-13(10-3-6-12(19)7-4-10)16(20)14-9-11(17)5-8-15(14)18/h2-9,13,16,20H,1H2. The summed E-state index contributed by atoms with van der Waals surface area (Å²) in [6.07, 6.45) is 0.790. The van der Waals surface area contributed by atoms with Crippen molar-refractivity contribution in [2.45, 2.75) is 12.0 Å². The molecule has 2 atom stereocenters. The van der Waals surface area contributed by atoms with Crippen molar-refractivity contribution in [2.75, 3.05) is 0 Å². The van der Waals surface area contributed by atoms with Gasteiger partial charge in [0.1, 0.15) is 5.82 Å². The second-order valence-corrected chi connectivity index (χ2v) is 5.75. The monoisotopic (exact) mass is 354 g/mol. The largest absolute Gasteiger partial charge is 0.387 e. The van der Waals surface area contributed by atoms with Gasteiger partial charge in [-0.3, -0.25) is 0 Å². The van der Waals surface area contributed by atoms with Gasteiger partial charge in [0, 0.05) is 21.0 Å². The zero-order valence-corrected chi connectivity index (χ0v) is 12.9. The fourth-order valence-electron chi connectivity index (χ4n) is 2.07. The quantitative estimate of drug-likeness (QED) is 0.743. The zero-order valence-electron chi connectivity index (χ0n) is 10.6. The van der Waals surface area contributed by atoms with Gasteiger partial charge in [-0.15, -0.1) is 6.58 Å². The van der Waals surface area contributed by atoms with Crippen molar-refractivity contribution < 1.29 is 9.50 Å². The molecule has 0 aliphatic carbocycles. The van der Waals surface area contributed by atoms with Gasteiger partial charge in [-0.05, 0) is 35.9 Å². The lowest BCUT2D eigenvalue weighted by Crippen LogP contribution is -2.09. The van der Waals surface area contributed by atoms with Crippen LogP contribution in [-0.4, -0.2) is 5.11 Å². The molecule has 0 aliphatic rings. The average Bonchev–Trinajstić information content (AvgIpc) is 2.44. The number of rotatable bonds is 4. The molecule has 20 heavy (non-hydrogen) atoms. The topological polar surface area (TPSA) is 20.2 Å². The highest BCUT2D eigenvalue weighted by atomic mass is 79.9. The summed E-state index contributed by atoms with van der Waals surface area (Å²) in [4.78, 5) is 0. The van der Waals surface area contributed by atoms with Gasteiger partial charge in [0.2, 0.25) is 0 Å². The summed E-state index contributed by atoms with van der Waals surface area (Å²) in [5.74, 6) is -0.672. The molecule has 0 saturated heterocycles. The molecule has 2 aromatic rings. The highest BCUT2D eigenvalue weighted by molar-refractivity contribution is 9.10. The summed E-state index contributed by atoms with van der Waals surface area (Å²) >= 11 is 9.49. The molecule has 2 rings (SSSR count). The summed E-state index contributed by atoms with van der Waals surface area (Å²) in [7, 11) is 0. The second kappa shape index (κ2) is 6.53. The molecule has 2 unspecified atom stereocenters. The Morgan fingerprint density at radius 2 is 1.85 bits per heavy atom. The number of aliphatic hydroxyl groups is 1. The van der Waals surface area contributed by atoms with Gasteiger partial charge >= 0.3 is 0 Å². The van der Waals surface area contributed by atoms with Crippen molar-refractivity contribution in [3.05, 3.63) is 81.6 Å². The minimum Gasteiger partial charge on any atom is -0.387 e. The molecule has 0 radical (unpaired) electrons. The third-order valence-electron chi connectivity index (χ3n) is 3.13. The van der Waals surface area contributed by atoms with Gasteiger partial charge in [0.25, 0.3) is 0 Å². The Labute approximate surface area is 130 Å². The van der Waals surface area contributed by atoms with E-state index in [0.29, 0.717) is 10.6 Å². The number of aliphatic hydroxyl groups excluding tert-OH is 1. The first kappa shape index (κ1) is 15.2. The fourth-order valence-corrected chi connectivity index (χ4v) is 2.68. The van der Waals surface area contributed by atoms with E-state index in [1.54, 1.807) is 36.4 Å². The molecule has 1 N–H and O–H groups in total. The summed E-state index contributed by atoms with van der Waals surface area (Å²) in [5, 5.41) is 11.0. The Kier molecular flexibility index (Phi) is 4.97. The Hall–Kier alpha value is -1.16. The smallest absolute Gasteiger partial charge is 0.123 e. The molecular weight excluding hydrogens is 343 g/mol. The first-order valence-electron chi connectivity index (χ1n) is 6.04. The summed E-state index contributed by atoms with van der Waals surface area (Å²) in [5.41, 5.74) is 1.39. The molecule has 0 amide bonds. The number of hydrogen-bond donors (Lipinski definition) is 1. The number of benzene rings is 2. The fraction of sp³-hybridized carbons (Fsp3) is 0.125. The van der Waals surface area contributed by atoms with Crippen LogP contribution in [0.4, 0.5) is 4.39 Å². The van der Waals surface area contributed by atoms with Gasteiger partial charge in [-0.2, -0.15) is 0 Å². The van der Waals surface area contributed by atoms with E-state index >= 15 is 0 Å². The van der Waals surface area contributed by atoms with Gasteiger partial charge in [-0.1, -0.05) is 45.7 Å². The van der Waals surface area contributed by atoms with Crippen LogP contribution < -0.4 is 0 Å². The molecular formula is C16H13BrClFO. The average molecular weight is 356 g/mol. The van der Waals surface area contributed by atoms with Crippen molar-refractivity contribution in [1.82, 2.24) is 0 Å². The molecule has 4 heteroatoms. The molecule has 104 valence electrons. The van der Waals surface area contributed by atoms with Crippen molar-refractivity contribution >= 4 is 27.5 Å². The Morgan fingerprint density at radius 1 is 1.20 bits per heavy atom. The maximum Gasteiger partial charge on any atom is 0.123 e. The molecule has 1 nitrogen and oxygen atoms in total. The van der Waals surface area contributed by atoms with Crippen LogP contribution in [0.25, 0.3) is 0 Å². The lowest BCUT2D eigenvalue weighted by molar-refractivity contribution is 0.162. The molecule has 0 aliphatic heterocycles. The van der Waals surface area contributed by atoms with Crippen LogP contribution >= 0.6 is 27.5 Å². The van der Waals surface area contributed by atoms with E-state index in [0.717, 1.165) is 10.0 Å². The first-order chi connectivity index (χ1) is 9.52. The predicted molar refractivity (Wildman–Crippen MR) is 83.4 cm³/mol. The molecule has 2 aromatic carbocycles. The van der Waals surface area contributed by atoms with E-state index < -0.39 is 6.10 Å². The first-order valence-corrected chi connectivity index (χ1v) is 7.21. The molecule has 0 aromatic heterocycles. The minimum atomic E-state index is -0.844. The van der Waals surface area contributed by atoms with E-state index in [1.807, 2.05) is 0 Å². The van der Waals surface area contributed by atoms with Crippen LogP contribution in [-0.2, 0) is 0 Å². The normalized spacial score (nSPS) is 13.8. The van der Waals surface area contributed by atoms with Crippen molar-refractivity contribution in [2.24, 2.45) is 0 Å². The molecule has 0 fully saturated rings. The lowest BCUT2D eigenvalue weighted by Gasteiger charge is -2.21. The van der Waals surface area contributed by atoms with Crippen LogP contribution in [0.3, 0.4) is 0 Å². The van der Waals surface area contributed by atoms with Gasteiger partial charge in [0.05, 0.1) is 6.10 Å². The van der Waals surface area contributed by atoms with Crippen molar-refractivity contribution in [1.29, 1.82) is 0 Å². The van der Waals surface area contributed by atoms with Crippen LogP contribution in [0, 0.1) is 5.82 Å². The third-order valence-corrected chi connectivity index (χ3v) is 3.96. The Bertz CT molecular complexity index is 612. The van der Waals surface area contributed by atoms with E-state index in [1.165, 1.54) is 12.1 Å². The Balaban J connectivity index is 2.38. The number of halogens is 3. The van der Waals surface area contributed by atoms with Crippen molar-refractivity contribution in [3.63, 3.8) is 0 Å². The van der Waals surface area contributed by atoms with E-state index in [9.17, 15) is 9.50 Å². The second-order valence-electron chi connectivity index (χ2n) is 4.42. The predicted octanol–water partition coefficient (Wildman–Crippen LogP) is 5.24. The van der Waals surface area contributed by atoms with E-state index in [-0.39, 0.29) is 11.7 Å².